The zero-order chi connectivity index (χ0) is 83.1. The van der Waals surface area contributed by atoms with Gasteiger partial charge in [0.05, 0.1) is 50.5 Å². The van der Waals surface area contributed by atoms with Gasteiger partial charge in [0, 0.05) is 176 Å². The number of carboxylic acids is 4. The van der Waals surface area contributed by atoms with Gasteiger partial charge in [0.1, 0.15) is 23.0 Å². The molecule has 4 aromatic heterocycles. The van der Waals surface area contributed by atoms with Gasteiger partial charge in [-0.2, -0.15) is 0 Å². The first-order valence-corrected chi connectivity index (χ1v) is 37.0. The van der Waals surface area contributed by atoms with E-state index in [0.717, 1.165) is 38.8 Å². The van der Waals surface area contributed by atoms with Crippen molar-refractivity contribution in [2.24, 2.45) is 0 Å². The Morgan fingerprint density at radius 1 is 0.328 bits per heavy atom. The van der Waals surface area contributed by atoms with Crippen molar-refractivity contribution in [2.45, 2.75) is 79.1 Å². The summed E-state index contributed by atoms with van der Waals surface area (Å²) in [5.41, 5.74) is 8.72. The Morgan fingerprint density at radius 2 is 0.517 bits per heavy atom. The van der Waals surface area contributed by atoms with E-state index < -0.39 is 23.9 Å². The summed E-state index contributed by atoms with van der Waals surface area (Å²) >= 11 is 23.5. The summed E-state index contributed by atoms with van der Waals surface area (Å²) < 4.78 is 26.9. The first-order valence-electron chi connectivity index (χ1n) is 35.5. The largest absolute Gasteiger partial charge is 2.00 e. The molecule has 24 nitrogen and oxygen atoms in total. The summed E-state index contributed by atoms with van der Waals surface area (Å²) in [4.78, 5) is 121. The summed E-state index contributed by atoms with van der Waals surface area (Å²) in [5.74, 6) is -2.91. The number of amides is 2. The van der Waals surface area contributed by atoms with Crippen molar-refractivity contribution in [3.63, 3.8) is 0 Å². The molecule has 14 rings (SSSR count). The van der Waals surface area contributed by atoms with Gasteiger partial charge in [-0.05, 0) is 233 Å². The van der Waals surface area contributed by atoms with Gasteiger partial charge in [0.2, 0.25) is 11.8 Å². The van der Waals surface area contributed by atoms with Crippen LogP contribution in [0.5, 0.6) is 23.0 Å². The fourth-order valence-corrected chi connectivity index (χ4v) is 13.8. The molecule has 0 atom stereocenters. The van der Waals surface area contributed by atoms with E-state index in [0.29, 0.717) is 166 Å². The summed E-state index contributed by atoms with van der Waals surface area (Å²) in [6.07, 6.45) is 2.50. The Balaban J connectivity index is 0.000000201. The molecule has 30 heteroatoms. The maximum Gasteiger partial charge on any atom is 2.00 e. The van der Waals surface area contributed by atoms with Gasteiger partial charge in [0.25, 0.3) is 23.6 Å². The molecule has 2 aliphatic heterocycles. The van der Waals surface area contributed by atoms with Crippen molar-refractivity contribution in [3.8, 4) is 23.0 Å². The molecular formula is C86H78Cl4N6O18Zn2. The van der Waals surface area contributed by atoms with Gasteiger partial charge >= 0.3 is 39.0 Å². The molecule has 12 aromatic rings. The van der Waals surface area contributed by atoms with Crippen molar-refractivity contribution in [1.29, 1.82) is 0 Å². The number of carbonyl (C=O) groups is 10. The van der Waals surface area contributed by atoms with Gasteiger partial charge in [-0.1, -0.05) is 46.4 Å². The number of aliphatic carboxylic acids is 4. The summed E-state index contributed by atoms with van der Waals surface area (Å²) in [5, 5.41) is 49.4. The molecule has 0 unspecified atom stereocenters. The van der Waals surface area contributed by atoms with Gasteiger partial charge < -0.3 is 68.4 Å². The number of hydrogen-bond donors (Lipinski definition) is 0. The number of likely N-dealkylation sites (tertiary alicyclic amines) is 2. The number of fused-ring (bicyclic) bond motifs is 4. The van der Waals surface area contributed by atoms with Crippen molar-refractivity contribution < 1.29 is 126 Å². The van der Waals surface area contributed by atoms with E-state index in [-0.39, 0.29) is 88.3 Å². The van der Waals surface area contributed by atoms with Crippen LogP contribution in [0.15, 0.2) is 170 Å². The maximum absolute atomic E-state index is 13.0. The molecule has 116 heavy (non-hydrogen) atoms. The minimum Gasteiger partial charge on any atom is -0.550 e. The Labute approximate surface area is 713 Å². The van der Waals surface area contributed by atoms with Crippen LogP contribution in [0, 0.1) is 27.7 Å². The fourth-order valence-electron chi connectivity index (χ4n) is 13.3. The minimum absolute atomic E-state index is 0. The van der Waals surface area contributed by atoms with Crippen molar-refractivity contribution in [1.82, 2.24) is 28.1 Å². The van der Waals surface area contributed by atoms with Gasteiger partial charge in [-0.15, -0.1) is 0 Å². The molecule has 0 saturated carbocycles. The standard InChI is InChI=1S/4C19H16ClNO4.2C5H9NO.2Zn/c4*1-11-15(10-18(22)23)16-9-14(25-2)7-8-17(16)21(11)19(24)12-3-5-13(20)6-4-12;2*1-6-4-2-3-5(6)7;;/h4*3-9H,10H2,1-2H3,(H,22,23);2*2-4H2,1H3;;/q;;;;;;2*+2/p-4. The van der Waals surface area contributed by atoms with E-state index in [1.54, 1.807) is 207 Å². The van der Waals surface area contributed by atoms with E-state index in [1.807, 2.05) is 14.1 Å². The number of methoxy groups -OCH3 is 4. The second kappa shape index (κ2) is 41.5. The van der Waals surface area contributed by atoms with Crippen LogP contribution in [0.25, 0.3) is 43.6 Å². The summed E-state index contributed by atoms with van der Waals surface area (Å²) in [6, 6.07) is 47.0. The Hall–Kier alpha value is -11.0. The van der Waals surface area contributed by atoms with Crippen molar-refractivity contribution in [2.75, 3.05) is 55.6 Å². The van der Waals surface area contributed by atoms with E-state index in [4.69, 9.17) is 65.4 Å². The molecule has 2 fully saturated rings. The van der Waals surface area contributed by atoms with Crippen LogP contribution in [0.3, 0.4) is 0 Å². The quantitative estimate of drug-likeness (QED) is 0.0811. The molecule has 0 radical (unpaired) electrons. The number of rotatable bonds is 16. The first kappa shape index (κ1) is 92.2. The van der Waals surface area contributed by atoms with Crippen LogP contribution in [-0.2, 0) is 93.4 Å². The van der Waals surface area contributed by atoms with Crippen molar-refractivity contribution in [3.05, 3.63) is 257 Å². The average molecular weight is 1760 g/mol. The average Bonchev–Trinajstić information content (AvgIpc) is 1.63. The first-order chi connectivity index (χ1) is 54.3. The molecule has 0 aliphatic carbocycles. The Morgan fingerprint density at radius 3 is 0.655 bits per heavy atom. The molecular weight excluding hydrogens is 1680 g/mol. The predicted octanol–water partition coefficient (Wildman–Crippen LogP) is 10.8. The van der Waals surface area contributed by atoms with Crippen LogP contribution >= 0.6 is 46.4 Å². The number of carbonyl (C=O) groups excluding carboxylic acids is 10. The van der Waals surface area contributed by atoms with Crippen LogP contribution in [0.2, 0.25) is 20.1 Å². The fraction of sp³-hybridized carbons (Fsp3) is 0.233. The second-order valence-corrected chi connectivity index (χ2v) is 28.2. The summed E-state index contributed by atoms with van der Waals surface area (Å²) in [6.45, 7) is 8.80. The molecule has 0 N–H and O–H groups in total. The molecule has 592 valence electrons. The van der Waals surface area contributed by atoms with Crippen LogP contribution < -0.4 is 39.4 Å². The SMILES string of the molecule is CN1CCCC1=O.CN1CCCC1=O.COc1ccc2c(c1)c(CC(=O)[O-])c(C)n2C(=O)c1ccc(Cl)cc1.COc1ccc2c(c1)c(CC(=O)[O-])c(C)n2C(=O)c1ccc(Cl)cc1.COc1ccc2c(c1)c(CC(=O)[O-])c(C)n2C(=O)c1ccc(Cl)cc1.COc1ccc2c(c1)c(CC(=O)[O-])c(C)n2C(=O)c1ccc(Cl)cc1.[Zn+2].[Zn+2]. The number of ether oxygens (including phenoxy) is 4. The summed E-state index contributed by atoms with van der Waals surface area (Å²) in [7, 11) is 9.81. The second-order valence-electron chi connectivity index (χ2n) is 26.4. The molecule has 2 saturated heterocycles. The Bertz CT molecular complexity index is 5010. The molecule has 2 aliphatic rings. The zero-order valence-corrected chi connectivity index (χ0v) is 74.2. The van der Waals surface area contributed by atoms with E-state index in [9.17, 15) is 68.4 Å². The van der Waals surface area contributed by atoms with Crippen LogP contribution in [-0.4, -0.2) is 143 Å². The molecule has 8 aromatic carbocycles. The van der Waals surface area contributed by atoms with E-state index in [2.05, 4.69) is 0 Å². The van der Waals surface area contributed by atoms with Gasteiger partial charge in [-0.3, -0.25) is 47.0 Å². The third kappa shape index (κ3) is 22.0. The van der Waals surface area contributed by atoms with Crippen LogP contribution in [0.4, 0.5) is 0 Å². The van der Waals surface area contributed by atoms with Crippen LogP contribution in [0.1, 0.15) is 112 Å². The number of hydrogen-bond acceptors (Lipinski definition) is 18. The van der Waals surface area contributed by atoms with Gasteiger partial charge in [0.15, 0.2) is 0 Å². The zero-order valence-electron chi connectivity index (χ0n) is 65.2. The maximum atomic E-state index is 13.0. The number of benzene rings is 8. The number of carboxylic acid groups (broad SMARTS) is 4. The van der Waals surface area contributed by atoms with Crippen molar-refractivity contribution >= 4 is 149 Å². The Kier molecular flexibility index (Phi) is 33.0. The number of aromatic nitrogens is 4. The molecule has 0 bridgehead atoms. The van der Waals surface area contributed by atoms with E-state index in [1.165, 1.54) is 46.7 Å². The molecule has 2 amide bonds. The predicted molar refractivity (Wildman–Crippen MR) is 426 cm³/mol. The monoisotopic (exact) mass is 1750 g/mol. The number of halogens is 4. The smallest absolute Gasteiger partial charge is 0.550 e. The normalized spacial score (nSPS) is 11.9. The third-order valence-corrected chi connectivity index (χ3v) is 20.3. The van der Waals surface area contributed by atoms with E-state index >= 15 is 0 Å². The minimum atomic E-state index is -1.20. The third-order valence-electron chi connectivity index (χ3n) is 19.2. The molecule has 0 spiro atoms. The van der Waals surface area contributed by atoms with Gasteiger partial charge in [-0.25, -0.2) is 0 Å². The topological polar surface area (TPSA) is 326 Å². The number of nitrogens with zero attached hydrogens (tertiary/aromatic N) is 6. The molecule has 6 heterocycles.